The largest absolute Gasteiger partial charge is 0.494 e. The lowest BCUT2D eigenvalue weighted by atomic mass is 10.2. The number of unbranched alkanes of at least 4 members (excludes halogenated alkanes) is 1. The van der Waals surface area contributed by atoms with Crippen LogP contribution in [0.15, 0.2) is 59.4 Å². The molecule has 0 bridgehead atoms. The standard InChI is InChI=1S/C27H32BrN5O4/c1-4-6-12-33(17-26(35)37-5-2)13-8-11-25(34)32-23-15-21-22(16-24(23)36-3)29-18-30-27(21)31-20-10-7-9-19(28)14-20/h7-11,14-16,18H,4-6,12-13,17H2,1-3H3,(H,32,34)(H,29,30,31)/b11-8+. The van der Waals surface area contributed by atoms with E-state index < -0.39 is 0 Å². The minimum absolute atomic E-state index is 0.187. The molecule has 2 aromatic carbocycles. The number of methoxy groups -OCH3 is 1. The lowest BCUT2D eigenvalue weighted by molar-refractivity contribution is -0.144. The average Bonchev–Trinajstić information content (AvgIpc) is 2.87. The Morgan fingerprint density at radius 3 is 2.73 bits per heavy atom. The number of carbonyl (C=O) groups is 2. The van der Waals surface area contributed by atoms with Crippen LogP contribution in [0.1, 0.15) is 26.7 Å². The zero-order chi connectivity index (χ0) is 26.6. The van der Waals surface area contributed by atoms with Crippen molar-refractivity contribution >= 4 is 55.9 Å². The number of hydrogen-bond donors (Lipinski definition) is 2. The molecule has 0 atom stereocenters. The Kier molecular flexibility index (Phi) is 10.8. The van der Waals surface area contributed by atoms with Gasteiger partial charge in [-0.15, -0.1) is 0 Å². The second kappa shape index (κ2) is 14.3. The summed E-state index contributed by atoms with van der Waals surface area (Å²) >= 11 is 3.47. The maximum Gasteiger partial charge on any atom is 0.320 e. The van der Waals surface area contributed by atoms with E-state index in [0.717, 1.165) is 34.9 Å². The Morgan fingerprint density at radius 1 is 1.16 bits per heavy atom. The molecule has 0 spiro atoms. The third kappa shape index (κ3) is 8.54. The van der Waals surface area contributed by atoms with Crippen molar-refractivity contribution in [2.75, 3.05) is 44.0 Å². The van der Waals surface area contributed by atoms with E-state index in [2.05, 4.69) is 43.5 Å². The Balaban J connectivity index is 1.75. The van der Waals surface area contributed by atoms with Gasteiger partial charge in [-0.1, -0.05) is 41.4 Å². The zero-order valence-corrected chi connectivity index (χ0v) is 22.9. The van der Waals surface area contributed by atoms with Crippen LogP contribution in [0.2, 0.25) is 0 Å². The third-order valence-corrected chi connectivity index (χ3v) is 5.91. The monoisotopic (exact) mass is 569 g/mol. The first kappa shape index (κ1) is 28.1. The van der Waals surface area contributed by atoms with Crippen molar-refractivity contribution in [3.8, 4) is 5.75 Å². The molecule has 37 heavy (non-hydrogen) atoms. The van der Waals surface area contributed by atoms with Gasteiger partial charge in [-0.2, -0.15) is 0 Å². The van der Waals surface area contributed by atoms with Gasteiger partial charge in [-0.05, 0) is 44.2 Å². The summed E-state index contributed by atoms with van der Waals surface area (Å²) in [6, 6.07) is 11.3. The number of rotatable bonds is 13. The Labute approximate surface area is 225 Å². The minimum Gasteiger partial charge on any atom is -0.494 e. The fourth-order valence-electron chi connectivity index (χ4n) is 3.64. The summed E-state index contributed by atoms with van der Waals surface area (Å²) < 4.78 is 11.5. The smallest absolute Gasteiger partial charge is 0.320 e. The summed E-state index contributed by atoms with van der Waals surface area (Å²) in [7, 11) is 1.54. The number of nitrogens with zero attached hydrogens (tertiary/aromatic N) is 3. The zero-order valence-electron chi connectivity index (χ0n) is 21.3. The van der Waals surface area contributed by atoms with Crippen LogP contribution < -0.4 is 15.4 Å². The molecule has 2 N–H and O–H groups in total. The van der Waals surface area contributed by atoms with Crippen LogP contribution in [0.4, 0.5) is 17.2 Å². The lowest BCUT2D eigenvalue weighted by Crippen LogP contribution is -2.32. The number of carbonyl (C=O) groups excluding carboxylic acids is 2. The average molecular weight is 570 g/mol. The number of aromatic nitrogens is 2. The first-order chi connectivity index (χ1) is 17.9. The molecule has 0 saturated carbocycles. The molecule has 0 aliphatic heterocycles. The van der Waals surface area contributed by atoms with E-state index in [1.54, 1.807) is 25.1 Å². The number of ether oxygens (including phenoxy) is 2. The van der Waals surface area contributed by atoms with E-state index in [1.165, 1.54) is 19.5 Å². The molecule has 3 rings (SSSR count). The molecule has 0 saturated heterocycles. The molecule has 3 aromatic rings. The minimum atomic E-state index is -0.317. The predicted octanol–water partition coefficient (Wildman–Crippen LogP) is 5.30. The fraction of sp³-hybridized carbons (Fsp3) is 0.333. The van der Waals surface area contributed by atoms with Gasteiger partial charge >= 0.3 is 5.97 Å². The number of esters is 1. The lowest BCUT2D eigenvalue weighted by Gasteiger charge is -2.19. The summed E-state index contributed by atoms with van der Waals surface area (Å²) in [5.41, 5.74) is 2.02. The van der Waals surface area contributed by atoms with Gasteiger partial charge in [0.15, 0.2) is 0 Å². The molecule has 1 aromatic heterocycles. The van der Waals surface area contributed by atoms with E-state index in [0.29, 0.717) is 35.9 Å². The van der Waals surface area contributed by atoms with E-state index in [-0.39, 0.29) is 18.4 Å². The second-order valence-electron chi connectivity index (χ2n) is 8.21. The normalized spacial score (nSPS) is 11.2. The highest BCUT2D eigenvalue weighted by Gasteiger charge is 2.13. The summed E-state index contributed by atoms with van der Waals surface area (Å²) in [5.74, 6) is 0.491. The fourth-order valence-corrected chi connectivity index (χ4v) is 4.04. The molecule has 0 aliphatic carbocycles. The number of halogens is 1. The summed E-state index contributed by atoms with van der Waals surface area (Å²) in [6.45, 7) is 5.60. The maximum atomic E-state index is 12.7. The van der Waals surface area contributed by atoms with Gasteiger partial charge < -0.3 is 20.1 Å². The van der Waals surface area contributed by atoms with Crippen molar-refractivity contribution in [2.24, 2.45) is 0 Å². The molecule has 0 aliphatic rings. The van der Waals surface area contributed by atoms with E-state index >= 15 is 0 Å². The van der Waals surface area contributed by atoms with Crippen LogP contribution in [0.3, 0.4) is 0 Å². The van der Waals surface area contributed by atoms with Gasteiger partial charge in [0.25, 0.3) is 0 Å². The van der Waals surface area contributed by atoms with Crippen molar-refractivity contribution in [3.05, 3.63) is 59.4 Å². The second-order valence-corrected chi connectivity index (χ2v) is 9.13. The van der Waals surface area contributed by atoms with Crippen LogP contribution in [-0.4, -0.2) is 60.1 Å². The third-order valence-electron chi connectivity index (χ3n) is 5.42. The predicted molar refractivity (Wildman–Crippen MR) is 149 cm³/mol. The molecule has 0 unspecified atom stereocenters. The Hall–Kier alpha value is -3.50. The number of fused-ring (bicyclic) bond motifs is 1. The summed E-state index contributed by atoms with van der Waals surface area (Å²) in [6.07, 6.45) is 6.63. The van der Waals surface area contributed by atoms with Gasteiger partial charge in [0.1, 0.15) is 17.9 Å². The van der Waals surface area contributed by atoms with E-state index in [4.69, 9.17) is 9.47 Å². The molecule has 10 heteroatoms. The van der Waals surface area contributed by atoms with Crippen molar-refractivity contribution in [1.29, 1.82) is 0 Å². The van der Waals surface area contributed by atoms with Crippen LogP contribution in [0, 0.1) is 0 Å². The van der Waals surface area contributed by atoms with Crippen molar-refractivity contribution < 1.29 is 19.1 Å². The summed E-state index contributed by atoms with van der Waals surface area (Å²) in [4.78, 5) is 35.3. The van der Waals surface area contributed by atoms with Crippen molar-refractivity contribution in [1.82, 2.24) is 14.9 Å². The topological polar surface area (TPSA) is 106 Å². The number of nitrogens with one attached hydrogen (secondary N) is 2. The Bertz CT molecular complexity index is 1250. The molecule has 1 amide bonds. The van der Waals surface area contributed by atoms with Crippen molar-refractivity contribution in [3.63, 3.8) is 0 Å². The van der Waals surface area contributed by atoms with Gasteiger partial charge in [-0.3, -0.25) is 14.5 Å². The molecular weight excluding hydrogens is 538 g/mol. The van der Waals surface area contributed by atoms with Gasteiger partial charge in [0.2, 0.25) is 5.91 Å². The molecular formula is C27H32BrN5O4. The first-order valence-corrected chi connectivity index (χ1v) is 12.9. The van der Waals surface area contributed by atoms with Crippen LogP contribution in [0.5, 0.6) is 5.75 Å². The van der Waals surface area contributed by atoms with Gasteiger partial charge in [0.05, 0.1) is 31.5 Å². The summed E-state index contributed by atoms with van der Waals surface area (Å²) in [5, 5.41) is 6.91. The SMILES string of the molecule is CCCCN(C/C=C/C(=O)Nc1cc2c(Nc3cccc(Br)c3)ncnc2cc1OC)CC(=O)OCC. The van der Waals surface area contributed by atoms with Crippen LogP contribution >= 0.6 is 15.9 Å². The van der Waals surface area contributed by atoms with Crippen molar-refractivity contribution in [2.45, 2.75) is 26.7 Å². The molecule has 9 nitrogen and oxygen atoms in total. The van der Waals surface area contributed by atoms with Gasteiger partial charge in [-0.25, -0.2) is 9.97 Å². The Morgan fingerprint density at radius 2 is 2.00 bits per heavy atom. The number of anilines is 3. The number of benzene rings is 2. The quantitative estimate of drug-likeness (QED) is 0.211. The first-order valence-electron chi connectivity index (χ1n) is 12.1. The van der Waals surface area contributed by atoms with Crippen LogP contribution in [0.25, 0.3) is 10.9 Å². The van der Waals surface area contributed by atoms with Crippen LogP contribution in [-0.2, 0) is 14.3 Å². The number of hydrogen-bond acceptors (Lipinski definition) is 8. The molecule has 1 heterocycles. The molecule has 0 fully saturated rings. The number of amides is 1. The van der Waals surface area contributed by atoms with Gasteiger partial charge in [0, 0.05) is 34.2 Å². The highest BCUT2D eigenvalue weighted by Crippen LogP contribution is 2.33. The highest BCUT2D eigenvalue weighted by atomic mass is 79.9. The highest BCUT2D eigenvalue weighted by molar-refractivity contribution is 9.10. The maximum absolute atomic E-state index is 12.7. The molecule has 0 radical (unpaired) electrons. The van der Waals surface area contributed by atoms with E-state index in [9.17, 15) is 9.59 Å². The molecule has 196 valence electrons. The van der Waals surface area contributed by atoms with E-state index in [1.807, 2.05) is 29.2 Å².